The zero-order chi connectivity index (χ0) is 13.5. The Bertz CT molecular complexity index is 370. The molecule has 0 amide bonds. The first-order valence-electron chi connectivity index (χ1n) is 6.02. The lowest BCUT2D eigenvalue weighted by Gasteiger charge is -2.27. The second-order valence-corrected chi connectivity index (χ2v) is 4.36. The van der Waals surface area contributed by atoms with Crippen LogP contribution in [0.5, 0.6) is 0 Å². The summed E-state index contributed by atoms with van der Waals surface area (Å²) < 4.78 is 0. The molecule has 0 radical (unpaired) electrons. The van der Waals surface area contributed by atoms with Crippen LogP contribution in [0.4, 0.5) is 0 Å². The van der Waals surface area contributed by atoms with Gasteiger partial charge in [-0.15, -0.1) is 0 Å². The lowest BCUT2D eigenvalue weighted by molar-refractivity contribution is -0.144. The number of benzene rings is 1. The topological polar surface area (TPSA) is 95.6 Å². The molecule has 0 spiro atoms. The van der Waals surface area contributed by atoms with Crippen LogP contribution in [0.1, 0.15) is 18.9 Å². The number of carboxylic acids is 1. The zero-order valence-electron chi connectivity index (χ0n) is 10.4. The number of hydroxylamine groups is 1. The fourth-order valence-corrected chi connectivity index (χ4v) is 1.97. The van der Waals surface area contributed by atoms with E-state index in [9.17, 15) is 9.90 Å². The molecule has 0 aromatic heterocycles. The highest BCUT2D eigenvalue weighted by atomic mass is 16.5. The molecule has 0 fully saturated rings. The molecule has 3 unspecified atom stereocenters. The Morgan fingerprint density at radius 2 is 2.00 bits per heavy atom. The Labute approximate surface area is 107 Å². The van der Waals surface area contributed by atoms with Crippen molar-refractivity contribution in [2.45, 2.75) is 31.8 Å². The van der Waals surface area contributed by atoms with Crippen LogP contribution in [-0.4, -0.2) is 28.4 Å². The summed E-state index contributed by atoms with van der Waals surface area (Å²) >= 11 is 0. The van der Waals surface area contributed by atoms with Crippen LogP contribution >= 0.6 is 0 Å². The zero-order valence-corrected chi connectivity index (χ0v) is 10.4. The van der Waals surface area contributed by atoms with E-state index in [1.807, 2.05) is 42.7 Å². The van der Waals surface area contributed by atoms with E-state index >= 15 is 0 Å². The molecule has 5 N–H and O–H groups in total. The molecular formula is C13H20N2O3. The fraction of sp³-hybridized carbons (Fsp3) is 0.462. The molecule has 0 saturated carbocycles. The van der Waals surface area contributed by atoms with E-state index < -0.39 is 24.0 Å². The third kappa shape index (κ3) is 3.80. The van der Waals surface area contributed by atoms with Gasteiger partial charge in [0.1, 0.15) is 0 Å². The number of nitrogens with one attached hydrogen (secondary N) is 1. The summed E-state index contributed by atoms with van der Waals surface area (Å²) in [7, 11) is 0. The van der Waals surface area contributed by atoms with Gasteiger partial charge in [0.15, 0.2) is 0 Å². The summed E-state index contributed by atoms with van der Waals surface area (Å²) in [5, 5.41) is 18.4. The van der Waals surface area contributed by atoms with Crippen molar-refractivity contribution < 1.29 is 15.1 Å². The number of carbonyl (C=O) groups is 1. The summed E-state index contributed by atoms with van der Waals surface area (Å²) in [6.45, 7) is 1.86. The van der Waals surface area contributed by atoms with E-state index in [0.29, 0.717) is 12.8 Å². The minimum absolute atomic E-state index is 0.335. The average molecular weight is 252 g/mol. The summed E-state index contributed by atoms with van der Waals surface area (Å²) in [4.78, 5) is 11.3. The smallest absolute Gasteiger partial charge is 0.308 e. The first-order valence-corrected chi connectivity index (χ1v) is 6.02. The van der Waals surface area contributed by atoms with Gasteiger partial charge in [-0.25, -0.2) is 5.48 Å². The molecule has 18 heavy (non-hydrogen) atoms. The van der Waals surface area contributed by atoms with Crippen molar-refractivity contribution >= 4 is 5.97 Å². The number of carboxylic acid groups (broad SMARTS) is 1. The third-order valence-electron chi connectivity index (χ3n) is 3.13. The number of nitrogens with two attached hydrogens (primary N) is 1. The highest BCUT2D eigenvalue weighted by Gasteiger charge is 2.31. The maximum absolute atomic E-state index is 11.3. The molecule has 0 aliphatic heterocycles. The lowest BCUT2D eigenvalue weighted by Crippen LogP contribution is -2.51. The monoisotopic (exact) mass is 252 g/mol. The van der Waals surface area contributed by atoms with Gasteiger partial charge in [-0.3, -0.25) is 4.79 Å². The summed E-state index contributed by atoms with van der Waals surface area (Å²) in [6.07, 6.45) is 0.929. The average Bonchev–Trinajstić information content (AvgIpc) is 2.39. The van der Waals surface area contributed by atoms with Crippen LogP contribution in [-0.2, 0) is 11.2 Å². The van der Waals surface area contributed by atoms with Gasteiger partial charge in [0.2, 0.25) is 0 Å². The fourth-order valence-electron chi connectivity index (χ4n) is 1.97. The van der Waals surface area contributed by atoms with Crippen molar-refractivity contribution in [3.8, 4) is 0 Å². The third-order valence-corrected chi connectivity index (χ3v) is 3.13. The van der Waals surface area contributed by atoms with E-state index in [2.05, 4.69) is 0 Å². The highest BCUT2D eigenvalue weighted by Crippen LogP contribution is 2.16. The SMILES string of the molecule is CCC(N)C(NO)C(Cc1ccccc1)C(=O)O. The van der Waals surface area contributed by atoms with Crippen LogP contribution in [0.3, 0.4) is 0 Å². The van der Waals surface area contributed by atoms with Crippen LogP contribution in [0.25, 0.3) is 0 Å². The van der Waals surface area contributed by atoms with Gasteiger partial charge in [0.25, 0.3) is 0 Å². The van der Waals surface area contributed by atoms with Crippen molar-refractivity contribution in [2.75, 3.05) is 0 Å². The predicted molar refractivity (Wildman–Crippen MR) is 68.2 cm³/mol. The Balaban J connectivity index is 2.85. The molecule has 5 nitrogen and oxygen atoms in total. The van der Waals surface area contributed by atoms with Crippen LogP contribution < -0.4 is 11.2 Å². The van der Waals surface area contributed by atoms with Crippen molar-refractivity contribution in [3.63, 3.8) is 0 Å². The predicted octanol–water partition coefficient (Wildman–Crippen LogP) is 1.01. The van der Waals surface area contributed by atoms with Gasteiger partial charge in [-0.2, -0.15) is 0 Å². The van der Waals surface area contributed by atoms with E-state index in [0.717, 1.165) is 5.56 Å². The quantitative estimate of drug-likeness (QED) is 0.543. The first-order chi connectivity index (χ1) is 8.60. The molecule has 1 aromatic rings. The Hall–Kier alpha value is -1.43. The van der Waals surface area contributed by atoms with E-state index in [1.165, 1.54) is 0 Å². The van der Waals surface area contributed by atoms with Gasteiger partial charge in [0.05, 0.1) is 12.0 Å². The minimum atomic E-state index is -0.964. The van der Waals surface area contributed by atoms with Crippen LogP contribution in [0.15, 0.2) is 30.3 Å². The number of hydrogen-bond donors (Lipinski definition) is 4. The molecular weight excluding hydrogens is 232 g/mol. The molecule has 5 heteroatoms. The molecule has 1 aromatic carbocycles. The molecule has 0 aliphatic rings. The van der Waals surface area contributed by atoms with Gasteiger partial charge in [-0.1, -0.05) is 37.3 Å². The highest BCUT2D eigenvalue weighted by molar-refractivity contribution is 5.71. The molecule has 0 saturated heterocycles. The first kappa shape index (κ1) is 14.6. The van der Waals surface area contributed by atoms with E-state index in [4.69, 9.17) is 10.9 Å². The molecule has 0 aliphatic carbocycles. The Morgan fingerprint density at radius 3 is 2.44 bits per heavy atom. The van der Waals surface area contributed by atoms with Gasteiger partial charge in [0, 0.05) is 6.04 Å². The minimum Gasteiger partial charge on any atom is -0.481 e. The molecule has 100 valence electrons. The van der Waals surface area contributed by atoms with E-state index in [1.54, 1.807) is 0 Å². The maximum Gasteiger partial charge on any atom is 0.308 e. The second kappa shape index (κ2) is 7.10. The normalized spacial score (nSPS) is 15.9. The molecule has 0 heterocycles. The van der Waals surface area contributed by atoms with Crippen molar-refractivity contribution in [1.82, 2.24) is 5.48 Å². The number of aliphatic carboxylic acids is 1. The number of rotatable bonds is 7. The summed E-state index contributed by atoms with van der Waals surface area (Å²) in [6, 6.07) is 8.25. The largest absolute Gasteiger partial charge is 0.481 e. The van der Waals surface area contributed by atoms with Crippen LogP contribution in [0, 0.1) is 5.92 Å². The molecule has 3 atom stereocenters. The summed E-state index contributed by atoms with van der Waals surface area (Å²) in [5.41, 5.74) is 8.79. The molecule has 1 rings (SSSR count). The van der Waals surface area contributed by atoms with Crippen molar-refractivity contribution in [1.29, 1.82) is 0 Å². The Morgan fingerprint density at radius 1 is 1.39 bits per heavy atom. The van der Waals surface area contributed by atoms with Crippen molar-refractivity contribution in [3.05, 3.63) is 35.9 Å². The van der Waals surface area contributed by atoms with Gasteiger partial charge in [-0.05, 0) is 18.4 Å². The maximum atomic E-state index is 11.3. The van der Waals surface area contributed by atoms with E-state index in [-0.39, 0.29) is 0 Å². The molecule has 0 bridgehead atoms. The van der Waals surface area contributed by atoms with Crippen molar-refractivity contribution in [2.24, 2.45) is 11.7 Å². The Kier molecular flexibility index (Phi) is 5.77. The number of hydrogen-bond acceptors (Lipinski definition) is 4. The second-order valence-electron chi connectivity index (χ2n) is 4.36. The standard InChI is InChI=1S/C13H20N2O3/c1-2-11(14)12(15-18)10(13(16)17)8-9-6-4-3-5-7-9/h3-7,10-12,15,18H,2,8,14H2,1H3,(H,16,17). The lowest BCUT2D eigenvalue weighted by atomic mass is 9.87. The van der Waals surface area contributed by atoms with Crippen LogP contribution in [0.2, 0.25) is 0 Å². The van der Waals surface area contributed by atoms with Gasteiger partial charge < -0.3 is 16.0 Å². The van der Waals surface area contributed by atoms with Gasteiger partial charge >= 0.3 is 5.97 Å². The summed E-state index contributed by atoms with van der Waals surface area (Å²) in [5.74, 6) is -1.72.